The first-order valence-electron chi connectivity index (χ1n) is 7.46. The molecule has 2 aromatic rings. The molecule has 0 atom stereocenters. The van der Waals surface area contributed by atoms with Gasteiger partial charge in [0.15, 0.2) is 0 Å². The molecule has 0 radical (unpaired) electrons. The van der Waals surface area contributed by atoms with E-state index in [1.807, 2.05) is 6.20 Å². The summed E-state index contributed by atoms with van der Waals surface area (Å²) in [5.41, 5.74) is 4.85. The first-order valence-corrected chi connectivity index (χ1v) is 7.46. The molecular formula is C18H25N3. The monoisotopic (exact) mass is 283 g/mol. The molecule has 2 rings (SSSR count). The summed E-state index contributed by atoms with van der Waals surface area (Å²) in [6.45, 7) is 9.39. The maximum atomic E-state index is 4.65. The third-order valence-electron chi connectivity index (χ3n) is 3.53. The maximum absolute atomic E-state index is 4.65. The molecule has 0 amide bonds. The summed E-state index contributed by atoms with van der Waals surface area (Å²) in [5, 5.41) is 3.42. The van der Waals surface area contributed by atoms with Crippen molar-refractivity contribution >= 4 is 11.5 Å². The Morgan fingerprint density at radius 3 is 2.57 bits per heavy atom. The lowest BCUT2D eigenvalue weighted by Crippen LogP contribution is -2.22. The van der Waals surface area contributed by atoms with E-state index in [9.17, 15) is 0 Å². The van der Waals surface area contributed by atoms with Crippen molar-refractivity contribution in [3.63, 3.8) is 0 Å². The topological polar surface area (TPSA) is 28.2 Å². The van der Waals surface area contributed by atoms with Gasteiger partial charge in [0.05, 0.1) is 0 Å². The molecule has 21 heavy (non-hydrogen) atoms. The summed E-state index contributed by atoms with van der Waals surface area (Å²) >= 11 is 0. The first kappa shape index (κ1) is 15.5. The maximum Gasteiger partial charge on any atom is 0.135 e. The number of hydrogen-bond acceptors (Lipinski definition) is 3. The standard InChI is InChI=1S/C18H25N3/c1-13(2)19-11-16-10-15(4)18(20-12-16)21(5)17-8-6-7-14(3)9-17/h6-10,12-13,19H,11H2,1-5H3. The Bertz CT molecular complexity index is 605. The van der Waals surface area contributed by atoms with Gasteiger partial charge in [-0.25, -0.2) is 4.98 Å². The van der Waals surface area contributed by atoms with E-state index in [1.165, 1.54) is 22.4 Å². The van der Waals surface area contributed by atoms with E-state index in [-0.39, 0.29) is 0 Å². The molecule has 0 aliphatic carbocycles. The van der Waals surface area contributed by atoms with Gasteiger partial charge < -0.3 is 10.2 Å². The number of aryl methyl sites for hydroxylation is 2. The number of aromatic nitrogens is 1. The van der Waals surface area contributed by atoms with Crippen LogP contribution in [-0.4, -0.2) is 18.1 Å². The van der Waals surface area contributed by atoms with Crippen molar-refractivity contribution in [2.75, 3.05) is 11.9 Å². The second kappa shape index (κ2) is 6.72. The summed E-state index contributed by atoms with van der Waals surface area (Å²) < 4.78 is 0. The molecule has 0 aliphatic rings. The van der Waals surface area contributed by atoms with Gasteiger partial charge >= 0.3 is 0 Å². The molecule has 0 fully saturated rings. The van der Waals surface area contributed by atoms with E-state index in [2.05, 4.69) is 80.3 Å². The van der Waals surface area contributed by atoms with Gasteiger partial charge in [-0.1, -0.05) is 26.0 Å². The fourth-order valence-electron chi connectivity index (χ4n) is 2.35. The fourth-order valence-corrected chi connectivity index (χ4v) is 2.35. The van der Waals surface area contributed by atoms with Crippen molar-refractivity contribution in [2.24, 2.45) is 0 Å². The number of rotatable bonds is 5. The zero-order valence-electron chi connectivity index (χ0n) is 13.6. The minimum absolute atomic E-state index is 0.486. The predicted octanol–water partition coefficient (Wildman–Crippen LogP) is 3.96. The summed E-state index contributed by atoms with van der Waals surface area (Å²) in [7, 11) is 2.07. The largest absolute Gasteiger partial charge is 0.329 e. The lowest BCUT2D eigenvalue weighted by molar-refractivity contribution is 0.588. The Balaban J connectivity index is 2.20. The van der Waals surface area contributed by atoms with Crippen LogP contribution >= 0.6 is 0 Å². The van der Waals surface area contributed by atoms with Crippen LogP contribution in [0, 0.1) is 13.8 Å². The van der Waals surface area contributed by atoms with Crippen LogP contribution in [0.5, 0.6) is 0 Å². The number of anilines is 2. The van der Waals surface area contributed by atoms with Crippen molar-refractivity contribution in [1.82, 2.24) is 10.3 Å². The number of nitrogens with zero attached hydrogens (tertiary/aromatic N) is 2. The van der Waals surface area contributed by atoms with Gasteiger partial charge in [0.1, 0.15) is 5.82 Å². The molecule has 0 saturated carbocycles. The van der Waals surface area contributed by atoms with Gasteiger partial charge in [0.25, 0.3) is 0 Å². The molecule has 0 aliphatic heterocycles. The lowest BCUT2D eigenvalue weighted by atomic mass is 10.1. The molecule has 1 heterocycles. The zero-order chi connectivity index (χ0) is 15.4. The van der Waals surface area contributed by atoms with Crippen LogP contribution < -0.4 is 10.2 Å². The highest BCUT2D eigenvalue weighted by atomic mass is 15.2. The summed E-state index contributed by atoms with van der Waals surface area (Å²) in [5.74, 6) is 1.01. The van der Waals surface area contributed by atoms with Crippen LogP contribution in [0.3, 0.4) is 0 Å². The SMILES string of the molecule is Cc1cccc(N(C)c2ncc(CNC(C)C)cc2C)c1. The van der Waals surface area contributed by atoms with E-state index in [0.717, 1.165) is 12.4 Å². The Hall–Kier alpha value is -1.87. The molecule has 0 spiro atoms. The van der Waals surface area contributed by atoms with Crippen molar-refractivity contribution < 1.29 is 0 Å². The van der Waals surface area contributed by atoms with Crippen molar-refractivity contribution in [3.05, 3.63) is 53.2 Å². The Kier molecular flexibility index (Phi) is 4.97. The average Bonchev–Trinajstić information content (AvgIpc) is 2.44. The molecule has 3 nitrogen and oxygen atoms in total. The second-order valence-electron chi connectivity index (χ2n) is 5.92. The van der Waals surface area contributed by atoms with Gasteiger partial charge in [0.2, 0.25) is 0 Å². The van der Waals surface area contributed by atoms with Crippen molar-refractivity contribution in [3.8, 4) is 0 Å². The molecular weight excluding hydrogens is 258 g/mol. The third kappa shape index (κ3) is 4.05. The zero-order valence-corrected chi connectivity index (χ0v) is 13.6. The first-order chi connectivity index (χ1) is 9.97. The number of nitrogens with one attached hydrogen (secondary N) is 1. The van der Waals surface area contributed by atoms with Crippen molar-refractivity contribution in [2.45, 2.75) is 40.3 Å². The minimum Gasteiger partial charge on any atom is -0.329 e. The average molecular weight is 283 g/mol. The minimum atomic E-state index is 0.486. The fraction of sp³-hybridized carbons (Fsp3) is 0.389. The van der Waals surface area contributed by atoms with Gasteiger partial charge in [-0.3, -0.25) is 0 Å². The Morgan fingerprint density at radius 1 is 1.19 bits per heavy atom. The molecule has 3 heteroatoms. The van der Waals surface area contributed by atoms with Gasteiger partial charge in [-0.05, 0) is 48.7 Å². The van der Waals surface area contributed by atoms with E-state index in [4.69, 9.17) is 0 Å². The van der Waals surface area contributed by atoms with E-state index >= 15 is 0 Å². The van der Waals surface area contributed by atoms with Gasteiger partial charge in [-0.15, -0.1) is 0 Å². The summed E-state index contributed by atoms with van der Waals surface area (Å²) in [6, 6.07) is 11.2. The van der Waals surface area contributed by atoms with Crippen molar-refractivity contribution in [1.29, 1.82) is 0 Å². The van der Waals surface area contributed by atoms with Crippen LogP contribution in [0.2, 0.25) is 0 Å². The number of hydrogen-bond donors (Lipinski definition) is 1. The van der Waals surface area contributed by atoms with E-state index in [0.29, 0.717) is 6.04 Å². The van der Waals surface area contributed by atoms with Crippen LogP contribution in [-0.2, 0) is 6.54 Å². The normalized spacial score (nSPS) is 11.0. The van der Waals surface area contributed by atoms with Crippen LogP contribution in [0.15, 0.2) is 36.5 Å². The van der Waals surface area contributed by atoms with E-state index in [1.54, 1.807) is 0 Å². The van der Waals surface area contributed by atoms with Crippen LogP contribution in [0.1, 0.15) is 30.5 Å². The predicted molar refractivity (Wildman–Crippen MR) is 90.2 cm³/mol. The summed E-state index contributed by atoms with van der Waals surface area (Å²) in [6.07, 6.45) is 1.96. The number of pyridine rings is 1. The highest BCUT2D eigenvalue weighted by Crippen LogP contribution is 2.25. The molecule has 1 N–H and O–H groups in total. The molecule has 1 aromatic heterocycles. The molecule has 0 bridgehead atoms. The van der Waals surface area contributed by atoms with Crippen LogP contribution in [0.25, 0.3) is 0 Å². The third-order valence-corrected chi connectivity index (χ3v) is 3.53. The molecule has 0 unspecified atom stereocenters. The second-order valence-corrected chi connectivity index (χ2v) is 5.92. The highest BCUT2D eigenvalue weighted by molar-refractivity contribution is 5.62. The van der Waals surface area contributed by atoms with Gasteiger partial charge in [0, 0.05) is 31.5 Å². The molecule has 1 aromatic carbocycles. The Labute approximate surface area is 128 Å². The highest BCUT2D eigenvalue weighted by Gasteiger charge is 2.09. The quantitative estimate of drug-likeness (QED) is 0.900. The van der Waals surface area contributed by atoms with Crippen LogP contribution in [0.4, 0.5) is 11.5 Å². The summed E-state index contributed by atoms with van der Waals surface area (Å²) in [4.78, 5) is 6.79. The number of benzene rings is 1. The van der Waals surface area contributed by atoms with E-state index < -0.39 is 0 Å². The Morgan fingerprint density at radius 2 is 1.95 bits per heavy atom. The molecule has 0 saturated heterocycles. The smallest absolute Gasteiger partial charge is 0.135 e. The molecule has 112 valence electrons. The van der Waals surface area contributed by atoms with Gasteiger partial charge in [-0.2, -0.15) is 0 Å². The lowest BCUT2D eigenvalue weighted by Gasteiger charge is -2.21.